The highest BCUT2D eigenvalue weighted by Gasteiger charge is 2.37. The van der Waals surface area contributed by atoms with E-state index >= 15 is 0 Å². The first kappa shape index (κ1) is 15.3. The summed E-state index contributed by atoms with van der Waals surface area (Å²) in [6, 6.07) is 0. The first-order valence-electron chi connectivity index (χ1n) is 6.10. The molecule has 1 heterocycles. The minimum atomic E-state index is -1.04. The molecule has 0 aromatic carbocycles. The van der Waals surface area contributed by atoms with Crippen LogP contribution in [0, 0.1) is 11.8 Å². The number of aliphatic carboxylic acids is 1. The van der Waals surface area contributed by atoms with Gasteiger partial charge in [-0.15, -0.1) is 0 Å². The van der Waals surface area contributed by atoms with Gasteiger partial charge in [0.25, 0.3) is 0 Å². The summed E-state index contributed by atoms with van der Waals surface area (Å²) in [5, 5.41) is 9.04. The van der Waals surface area contributed by atoms with E-state index in [1.54, 1.807) is 20.8 Å². The first-order valence-corrected chi connectivity index (χ1v) is 6.10. The van der Waals surface area contributed by atoms with E-state index < -0.39 is 35.4 Å². The lowest BCUT2D eigenvalue weighted by Crippen LogP contribution is -2.50. The van der Waals surface area contributed by atoms with Gasteiger partial charge in [0, 0.05) is 13.1 Å². The van der Waals surface area contributed by atoms with Gasteiger partial charge in [0.2, 0.25) is 5.91 Å². The van der Waals surface area contributed by atoms with Gasteiger partial charge in [0.05, 0.1) is 11.8 Å². The number of nitrogens with zero attached hydrogens (tertiary/aromatic N) is 1. The van der Waals surface area contributed by atoms with E-state index in [1.807, 2.05) is 0 Å². The molecule has 0 radical (unpaired) electrons. The molecule has 3 N–H and O–H groups in total. The number of ether oxygens (including phenoxy) is 1. The lowest BCUT2D eigenvalue weighted by atomic mass is 9.89. The van der Waals surface area contributed by atoms with E-state index in [-0.39, 0.29) is 19.5 Å². The summed E-state index contributed by atoms with van der Waals surface area (Å²) in [4.78, 5) is 35.4. The molecule has 0 bridgehead atoms. The van der Waals surface area contributed by atoms with E-state index in [2.05, 4.69) is 0 Å². The highest BCUT2D eigenvalue weighted by Crippen LogP contribution is 2.23. The molecule has 1 aliphatic rings. The number of carbonyl (C=O) groups excluding carboxylic acids is 2. The van der Waals surface area contributed by atoms with Crippen molar-refractivity contribution in [2.75, 3.05) is 13.1 Å². The average molecular weight is 272 g/mol. The Morgan fingerprint density at radius 1 is 1.21 bits per heavy atom. The van der Waals surface area contributed by atoms with Crippen molar-refractivity contribution in [3.05, 3.63) is 0 Å². The zero-order valence-electron chi connectivity index (χ0n) is 11.4. The van der Waals surface area contributed by atoms with E-state index in [9.17, 15) is 14.4 Å². The van der Waals surface area contributed by atoms with E-state index in [1.165, 1.54) is 4.90 Å². The van der Waals surface area contributed by atoms with Gasteiger partial charge < -0.3 is 20.5 Å². The van der Waals surface area contributed by atoms with Crippen molar-refractivity contribution in [1.29, 1.82) is 0 Å². The van der Waals surface area contributed by atoms with Crippen LogP contribution < -0.4 is 5.73 Å². The average Bonchev–Trinajstić information content (AvgIpc) is 2.25. The van der Waals surface area contributed by atoms with Crippen LogP contribution in [0.1, 0.15) is 27.2 Å². The number of rotatable bonds is 2. The molecule has 19 heavy (non-hydrogen) atoms. The second-order valence-corrected chi connectivity index (χ2v) is 5.76. The van der Waals surface area contributed by atoms with Gasteiger partial charge in [-0.05, 0) is 27.2 Å². The molecule has 1 fully saturated rings. The fourth-order valence-corrected chi connectivity index (χ4v) is 1.96. The molecule has 0 saturated carbocycles. The number of amides is 2. The third-order valence-corrected chi connectivity index (χ3v) is 2.85. The topological polar surface area (TPSA) is 110 Å². The Morgan fingerprint density at radius 3 is 2.16 bits per heavy atom. The molecule has 1 rings (SSSR count). The summed E-state index contributed by atoms with van der Waals surface area (Å²) in [5.74, 6) is -3.08. The SMILES string of the molecule is CC(C)(C)OC(=O)N1C[C@H](C(N)=O)C[C@H](C(=O)O)C1. The van der Waals surface area contributed by atoms with E-state index in [4.69, 9.17) is 15.6 Å². The summed E-state index contributed by atoms with van der Waals surface area (Å²) in [7, 11) is 0. The Bertz CT molecular complexity index is 366. The number of carbonyl (C=O) groups is 3. The van der Waals surface area contributed by atoms with Gasteiger partial charge in [-0.2, -0.15) is 0 Å². The maximum atomic E-state index is 11.9. The molecule has 0 spiro atoms. The Balaban J connectivity index is 2.79. The molecule has 7 nitrogen and oxygen atoms in total. The number of carboxylic acids is 1. The minimum absolute atomic E-state index is 0.0357. The number of carboxylic acid groups (broad SMARTS) is 1. The molecule has 0 aliphatic carbocycles. The van der Waals surface area contributed by atoms with Crippen molar-refractivity contribution >= 4 is 18.0 Å². The molecule has 1 aliphatic heterocycles. The standard InChI is InChI=1S/C12H20N2O5/c1-12(2,3)19-11(18)14-5-7(9(13)15)4-8(6-14)10(16)17/h7-8H,4-6H2,1-3H3,(H2,13,15)(H,16,17)/t7-,8+/m1/s1. The number of piperidine rings is 1. The second-order valence-electron chi connectivity index (χ2n) is 5.76. The van der Waals surface area contributed by atoms with Crippen LogP contribution in [0.25, 0.3) is 0 Å². The van der Waals surface area contributed by atoms with Crippen molar-refractivity contribution < 1.29 is 24.2 Å². The molecule has 0 aromatic heterocycles. The van der Waals surface area contributed by atoms with Gasteiger partial charge in [-0.1, -0.05) is 0 Å². The fourth-order valence-electron chi connectivity index (χ4n) is 1.96. The smallest absolute Gasteiger partial charge is 0.410 e. The van der Waals surface area contributed by atoms with Crippen LogP contribution in [0.3, 0.4) is 0 Å². The molecule has 1 saturated heterocycles. The van der Waals surface area contributed by atoms with Crippen LogP contribution in [-0.2, 0) is 14.3 Å². The number of primary amides is 1. The molecule has 0 aromatic rings. The summed E-state index contributed by atoms with van der Waals surface area (Å²) < 4.78 is 5.18. The van der Waals surface area contributed by atoms with Crippen molar-refractivity contribution in [2.24, 2.45) is 17.6 Å². The van der Waals surface area contributed by atoms with Gasteiger partial charge in [-0.3, -0.25) is 9.59 Å². The summed E-state index contributed by atoms with van der Waals surface area (Å²) >= 11 is 0. The molecular formula is C12H20N2O5. The first-order chi connectivity index (χ1) is 8.60. The highest BCUT2D eigenvalue weighted by atomic mass is 16.6. The van der Waals surface area contributed by atoms with Gasteiger partial charge in [0.15, 0.2) is 0 Å². The number of hydrogen-bond acceptors (Lipinski definition) is 4. The molecule has 0 unspecified atom stereocenters. The summed E-state index contributed by atoms with van der Waals surface area (Å²) in [6.45, 7) is 5.29. The quantitative estimate of drug-likeness (QED) is 0.757. The normalized spacial score (nSPS) is 23.8. The maximum Gasteiger partial charge on any atom is 0.410 e. The predicted octanol–water partition coefficient (Wildman–Crippen LogP) is 0.430. The van der Waals surface area contributed by atoms with Crippen LogP contribution in [0.4, 0.5) is 4.79 Å². The Hall–Kier alpha value is -1.79. The maximum absolute atomic E-state index is 11.9. The van der Waals surface area contributed by atoms with Crippen molar-refractivity contribution in [2.45, 2.75) is 32.8 Å². The molecule has 2 atom stereocenters. The third kappa shape index (κ3) is 4.42. The molecular weight excluding hydrogens is 252 g/mol. The monoisotopic (exact) mass is 272 g/mol. The highest BCUT2D eigenvalue weighted by molar-refractivity contribution is 5.80. The number of hydrogen-bond donors (Lipinski definition) is 2. The van der Waals surface area contributed by atoms with Crippen LogP contribution in [-0.4, -0.2) is 46.7 Å². The summed E-state index contributed by atoms with van der Waals surface area (Å²) in [5.41, 5.74) is 4.54. The summed E-state index contributed by atoms with van der Waals surface area (Å²) in [6.07, 6.45) is -0.464. The van der Waals surface area contributed by atoms with Crippen molar-refractivity contribution in [3.8, 4) is 0 Å². The van der Waals surface area contributed by atoms with Crippen LogP contribution >= 0.6 is 0 Å². The lowest BCUT2D eigenvalue weighted by molar-refractivity contribution is -0.144. The molecule has 7 heteroatoms. The second kappa shape index (κ2) is 5.46. The molecule has 108 valence electrons. The largest absolute Gasteiger partial charge is 0.481 e. The van der Waals surface area contributed by atoms with Gasteiger partial charge >= 0.3 is 12.1 Å². The Kier molecular flexibility index (Phi) is 4.39. The third-order valence-electron chi connectivity index (χ3n) is 2.85. The van der Waals surface area contributed by atoms with E-state index in [0.29, 0.717) is 0 Å². The predicted molar refractivity (Wildman–Crippen MR) is 66.2 cm³/mol. The zero-order valence-corrected chi connectivity index (χ0v) is 11.4. The van der Waals surface area contributed by atoms with Crippen LogP contribution in [0.2, 0.25) is 0 Å². The number of likely N-dealkylation sites (tertiary alicyclic amines) is 1. The van der Waals surface area contributed by atoms with Crippen molar-refractivity contribution in [1.82, 2.24) is 4.90 Å². The number of nitrogens with two attached hydrogens (primary N) is 1. The minimum Gasteiger partial charge on any atom is -0.481 e. The molecule has 2 amide bonds. The van der Waals surface area contributed by atoms with Crippen LogP contribution in [0.5, 0.6) is 0 Å². The van der Waals surface area contributed by atoms with E-state index in [0.717, 1.165) is 0 Å². The fraction of sp³-hybridized carbons (Fsp3) is 0.750. The van der Waals surface area contributed by atoms with Crippen LogP contribution in [0.15, 0.2) is 0 Å². The van der Waals surface area contributed by atoms with Gasteiger partial charge in [0.1, 0.15) is 5.60 Å². The Labute approximate surface area is 111 Å². The van der Waals surface area contributed by atoms with Gasteiger partial charge in [-0.25, -0.2) is 4.79 Å². The lowest BCUT2D eigenvalue weighted by Gasteiger charge is -2.35. The van der Waals surface area contributed by atoms with Crippen molar-refractivity contribution in [3.63, 3.8) is 0 Å². The Morgan fingerprint density at radius 2 is 1.74 bits per heavy atom. The zero-order chi connectivity index (χ0) is 14.8.